The van der Waals surface area contributed by atoms with E-state index in [0.717, 1.165) is 24.0 Å². The minimum atomic E-state index is -0.0859. The van der Waals surface area contributed by atoms with E-state index in [0.29, 0.717) is 17.4 Å². The fourth-order valence-corrected chi connectivity index (χ4v) is 4.20. The van der Waals surface area contributed by atoms with E-state index in [9.17, 15) is 4.79 Å². The summed E-state index contributed by atoms with van der Waals surface area (Å²) in [7, 11) is 0. The van der Waals surface area contributed by atoms with Crippen LogP contribution >= 0.6 is 11.6 Å². The number of aromatic nitrogens is 3. The molecule has 1 saturated carbocycles. The molecular formula is C21H19ClN4O. The van der Waals surface area contributed by atoms with Gasteiger partial charge in [0.05, 0.1) is 12.1 Å². The standard InChI is InChI=1S/C21H19ClN4O/c22-17-9-5-4-8-16(17)19-12-18(14-6-2-1-3-7-14)25(20(27)15-10-11-15)21-23-13-24-26(19)21/h1-9,13,15,18-19H,10-12H2/t18-,19-/m0/s1. The van der Waals surface area contributed by atoms with Crippen LogP contribution in [0.2, 0.25) is 5.02 Å². The predicted octanol–water partition coefficient (Wildman–Crippen LogP) is 4.41. The summed E-state index contributed by atoms with van der Waals surface area (Å²) in [5.74, 6) is 0.867. The molecule has 0 bridgehead atoms. The van der Waals surface area contributed by atoms with Gasteiger partial charge >= 0.3 is 0 Å². The molecule has 0 N–H and O–H groups in total. The zero-order valence-corrected chi connectivity index (χ0v) is 15.5. The lowest BCUT2D eigenvalue weighted by Gasteiger charge is -2.39. The van der Waals surface area contributed by atoms with Gasteiger partial charge in [0.1, 0.15) is 6.33 Å². The van der Waals surface area contributed by atoms with Gasteiger partial charge in [0.15, 0.2) is 0 Å². The van der Waals surface area contributed by atoms with Crippen molar-refractivity contribution in [2.45, 2.75) is 31.3 Å². The van der Waals surface area contributed by atoms with E-state index in [4.69, 9.17) is 11.6 Å². The smallest absolute Gasteiger partial charge is 0.233 e. The average Bonchev–Trinajstić information content (AvgIpc) is 3.44. The second-order valence-electron chi connectivity index (χ2n) is 7.19. The molecule has 3 aromatic rings. The quantitative estimate of drug-likeness (QED) is 0.678. The third-order valence-electron chi connectivity index (χ3n) is 5.44. The zero-order chi connectivity index (χ0) is 18.4. The van der Waals surface area contributed by atoms with Crippen LogP contribution in [0.15, 0.2) is 60.9 Å². The lowest BCUT2D eigenvalue weighted by molar-refractivity contribution is -0.120. The second kappa shape index (κ2) is 6.50. The molecule has 0 spiro atoms. The highest BCUT2D eigenvalue weighted by Gasteiger charge is 2.44. The number of carbonyl (C=O) groups excluding carboxylic acids is 1. The summed E-state index contributed by atoms with van der Waals surface area (Å²) < 4.78 is 1.85. The number of nitrogens with zero attached hydrogens (tertiary/aromatic N) is 4. The Morgan fingerprint density at radius 3 is 2.48 bits per heavy atom. The van der Waals surface area contributed by atoms with Crippen molar-refractivity contribution >= 4 is 23.5 Å². The lowest BCUT2D eigenvalue weighted by atomic mass is 9.91. The number of anilines is 1. The van der Waals surface area contributed by atoms with E-state index in [1.807, 2.05) is 52.0 Å². The normalized spacial score (nSPS) is 21.7. The third kappa shape index (κ3) is 2.82. The second-order valence-corrected chi connectivity index (χ2v) is 7.59. The highest BCUT2D eigenvalue weighted by atomic mass is 35.5. The number of halogens is 1. The monoisotopic (exact) mass is 378 g/mol. The zero-order valence-electron chi connectivity index (χ0n) is 14.7. The van der Waals surface area contributed by atoms with Crippen molar-refractivity contribution in [3.63, 3.8) is 0 Å². The van der Waals surface area contributed by atoms with Crippen LogP contribution in [0.1, 0.15) is 42.5 Å². The molecule has 27 heavy (non-hydrogen) atoms. The third-order valence-corrected chi connectivity index (χ3v) is 5.78. The fourth-order valence-electron chi connectivity index (χ4n) is 3.94. The molecule has 5 rings (SSSR count). The molecule has 2 atom stereocenters. The van der Waals surface area contributed by atoms with Crippen LogP contribution in [0.5, 0.6) is 0 Å². The number of amides is 1. The number of rotatable bonds is 3. The first-order valence-corrected chi connectivity index (χ1v) is 9.64. The molecule has 1 amide bonds. The number of hydrogen-bond donors (Lipinski definition) is 0. The molecule has 6 heteroatoms. The first-order valence-electron chi connectivity index (χ1n) is 9.26. The van der Waals surface area contributed by atoms with E-state index in [-0.39, 0.29) is 23.9 Å². The van der Waals surface area contributed by atoms with Gasteiger partial charge < -0.3 is 0 Å². The Balaban J connectivity index is 1.65. The molecule has 0 radical (unpaired) electrons. The van der Waals surface area contributed by atoms with Crippen molar-refractivity contribution in [3.8, 4) is 0 Å². The summed E-state index contributed by atoms with van der Waals surface area (Å²) in [6.45, 7) is 0. The van der Waals surface area contributed by atoms with Crippen LogP contribution in [-0.2, 0) is 4.79 Å². The molecule has 1 fully saturated rings. The lowest BCUT2D eigenvalue weighted by Crippen LogP contribution is -2.43. The first kappa shape index (κ1) is 16.5. The summed E-state index contributed by atoms with van der Waals surface area (Å²) in [5.41, 5.74) is 2.11. The van der Waals surface area contributed by atoms with Gasteiger partial charge in [-0.05, 0) is 36.5 Å². The molecule has 1 aliphatic carbocycles. The van der Waals surface area contributed by atoms with Crippen LogP contribution in [0, 0.1) is 5.92 Å². The van der Waals surface area contributed by atoms with Crippen molar-refractivity contribution in [1.82, 2.24) is 14.8 Å². The van der Waals surface area contributed by atoms with Crippen molar-refractivity contribution in [2.24, 2.45) is 5.92 Å². The maximum Gasteiger partial charge on any atom is 0.233 e. The predicted molar refractivity (Wildman–Crippen MR) is 104 cm³/mol. The Morgan fingerprint density at radius 1 is 1.00 bits per heavy atom. The van der Waals surface area contributed by atoms with Crippen LogP contribution in [0.25, 0.3) is 0 Å². The topological polar surface area (TPSA) is 51.0 Å². The maximum atomic E-state index is 13.1. The Morgan fingerprint density at radius 2 is 1.74 bits per heavy atom. The van der Waals surface area contributed by atoms with E-state index in [1.54, 1.807) is 0 Å². The summed E-state index contributed by atoms with van der Waals surface area (Å²) >= 11 is 6.50. The van der Waals surface area contributed by atoms with E-state index in [1.165, 1.54) is 6.33 Å². The largest absolute Gasteiger partial charge is 0.274 e. The minimum Gasteiger partial charge on any atom is -0.274 e. The highest BCUT2D eigenvalue weighted by Crippen LogP contribution is 2.45. The molecule has 1 aliphatic heterocycles. The molecule has 2 heterocycles. The number of fused-ring (bicyclic) bond motifs is 1. The summed E-state index contributed by atoms with van der Waals surface area (Å²) in [4.78, 5) is 19.5. The molecule has 136 valence electrons. The Hall–Kier alpha value is -2.66. The van der Waals surface area contributed by atoms with Crippen molar-refractivity contribution in [2.75, 3.05) is 4.90 Å². The number of benzene rings is 2. The molecule has 0 unspecified atom stereocenters. The minimum absolute atomic E-state index is 0.0651. The van der Waals surface area contributed by atoms with Crippen LogP contribution in [0.3, 0.4) is 0 Å². The van der Waals surface area contributed by atoms with Crippen molar-refractivity contribution in [1.29, 1.82) is 0 Å². The van der Waals surface area contributed by atoms with Gasteiger partial charge in [0, 0.05) is 10.9 Å². The molecule has 2 aromatic carbocycles. The first-order chi connectivity index (χ1) is 13.2. The van der Waals surface area contributed by atoms with Gasteiger partial charge in [0.2, 0.25) is 11.9 Å². The van der Waals surface area contributed by atoms with Gasteiger partial charge in [-0.3, -0.25) is 9.69 Å². The molecule has 0 saturated heterocycles. The number of hydrogen-bond acceptors (Lipinski definition) is 3. The molecule has 5 nitrogen and oxygen atoms in total. The van der Waals surface area contributed by atoms with Crippen LogP contribution in [0.4, 0.5) is 5.95 Å². The van der Waals surface area contributed by atoms with Gasteiger partial charge in [-0.15, -0.1) is 0 Å². The maximum absolute atomic E-state index is 13.1. The Bertz CT molecular complexity index is 983. The van der Waals surface area contributed by atoms with Crippen LogP contribution < -0.4 is 4.90 Å². The molecular weight excluding hydrogens is 360 g/mol. The summed E-state index contributed by atoms with van der Waals surface area (Å²) in [6, 6.07) is 17.9. The number of carbonyl (C=O) groups is 1. The average molecular weight is 379 g/mol. The van der Waals surface area contributed by atoms with E-state index >= 15 is 0 Å². The van der Waals surface area contributed by atoms with E-state index < -0.39 is 0 Å². The Kier molecular flexibility index (Phi) is 3.97. The van der Waals surface area contributed by atoms with Gasteiger partial charge in [0.25, 0.3) is 0 Å². The van der Waals surface area contributed by atoms with Crippen LogP contribution in [-0.4, -0.2) is 20.7 Å². The highest BCUT2D eigenvalue weighted by molar-refractivity contribution is 6.31. The Labute approximate surface area is 162 Å². The van der Waals surface area contributed by atoms with Crippen molar-refractivity contribution < 1.29 is 4.79 Å². The summed E-state index contributed by atoms with van der Waals surface area (Å²) in [5, 5.41) is 5.16. The van der Waals surface area contributed by atoms with Gasteiger partial charge in [-0.2, -0.15) is 10.1 Å². The molecule has 2 aliphatic rings. The summed E-state index contributed by atoms with van der Waals surface area (Å²) in [6.07, 6.45) is 4.15. The van der Waals surface area contributed by atoms with Crippen molar-refractivity contribution in [3.05, 3.63) is 77.1 Å². The molecule has 1 aromatic heterocycles. The SMILES string of the molecule is O=C(C1CC1)N1c2ncnn2[C@H](c2ccccc2Cl)C[C@H]1c1ccccc1. The fraction of sp³-hybridized carbons (Fsp3) is 0.286. The van der Waals surface area contributed by atoms with E-state index in [2.05, 4.69) is 22.2 Å². The van der Waals surface area contributed by atoms with Gasteiger partial charge in [-0.25, -0.2) is 4.68 Å². The van der Waals surface area contributed by atoms with Gasteiger partial charge in [-0.1, -0.05) is 60.1 Å².